The van der Waals surface area contributed by atoms with E-state index in [1.807, 2.05) is 29.5 Å². The van der Waals surface area contributed by atoms with E-state index >= 15 is 0 Å². The van der Waals surface area contributed by atoms with Gasteiger partial charge in [-0.2, -0.15) is 10.1 Å². The molecule has 31 heavy (non-hydrogen) atoms. The molecule has 4 rings (SSSR count). The fourth-order valence-corrected chi connectivity index (χ4v) is 4.06. The predicted octanol–water partition coefficient (Wildman–Crippen LogP) is 3.97. The van der Waals surface area contributed by atoms with E-state index in [0.717, 1.165) is 36.3 Å². The molecule has 0 bridgehead atoms. The van der Waals surface area contributed by atoms with Crippen LogP contribution in [0.4, 0.5) is 0 Å². The Kier molecular flexibility index (Phi) is 6.02. The molecule has 0 N–H and O–H groups in total. The van der Waals surface area contributed by atoms with Crippen LogP contribution in [0, 0.1) is 27.7 Å². The zero-order valence-corrected chi connectivity index (χ0v) is 18.6. The monoisotopic (exact) mass is 419 g/mol. The summed E-state index contributed by atoms with van der Waals surface area (Å²) in [4.78, 5) is 18.9. The Hall–Kier alpha value is -3.22. The van der Waals surface area contributed by atoms with Gasteiger partial charge in [-0.3, -0.25) is 9.48 Å². The number of aryl methyl sites for hydroxylation is 3. The Bertz CT molecular complexity index is 1090. The van der Waals surface area contributed by atoms with E-state index in [9.17, 15) is 4.79 Å². The van der Waals surface area contributed by atoms with Crippen LogP contribution in [0.15, 0.2) is 34.9 Å². The summed E-state index contributed by atoms with van der Waals surface area (Å²) in [7, 11) is 0. The summed E-state index contributed by atoms with van der Waals surface area (Å²) in [5, 5.41) is 8.55. The van der Waals surface area contributed by atoms with Crippen LogP contribution in [-0.2, 0) is 11.3 Å². The van der Waals surface area contributed by atoms with Gasteiger partial charge in [-0.15, -0.1) is 0 Å². The molecule has 1 aromatic carbocycles. The second-order valence-corrected chi connectivity index (χ2v) is 8.34. The smallest absolute Gasteiger partial charge is 0.246 e. The SMILES string of the molecule is Cc1ccc(Cn2nc(C)c(/C=C/C(=O)N3CCC(c4nc(C)no4)CC3)c2C)cc1. The fourth-order valence-electron chi connectivity index (χ4n) is 4.06. The number of likely N-dealkylation sites (tertiary alicyclic amines) is 1. The predicted molar refractivity (Wildman–Crippen MR) is 119 cm³/mol. The summed E-state index contributed by atoms with van der Waals surface area (Å²) in [6.07, 6.45) is 5.25. The van der Waals surface area contributed by atoms with Crippen LogP contribution >= 0.6 is 0 Å². The Balaban J connectivity index is 1.38. The molecule has 2 aromatic heterocycles. The molecular formula is C24H29N5O2. The molecule has 1 saturated heterocycles. The zero-order valence-electron chi connectivity index (χ0n) is 18.6. The van der Waals surface area contributed by atoms with E-state index in [0.29, 0.717) is 24.8 Å². The Labute approximate surface area is 182 Å². The molecule has 3 heterocycles. The van der Waals surface area contributed by atoms with Gasteiger partial charge in [0, 0.05) is 36.3 Å². The van der Waals surface area contributed by atoms with Crippen LogP contribution < -0.4 is 0 Å². The van der Waals surface area contributed by atoms with Crippen LogP contribution in [0.3, 0.4) is 0 Å². The highest BCUT2D eigenvalue weighted by Crippen LogP contribution is 2.27. The average Bonchev–Trinajstić information content (AvgIpc) is 3.31. The first-order chi connectivity index (χ1) is 14.9. The number of carbonyl (C=O) groups excluding carboxylic acids is 1. The van der Waals surface area contributed by atoms with Crippen molar-refractivity contribution in [3.8, 4) is 0 Å². The van der Waals surface area contributed by atoms with Crippen LogP contribution in [0.5, 0.6) is 0 Å². The third-order valence-electron chi connectivity index (χ3n) is 5.98. The van der Waals surface area contributed by atoms with Crippen molar-refractivity contribution < 1.29 is 9.32 Å². The molecule has 0 atom stereocenters. The van der Waals surface area contributed by atoms with Crippen molar-refractivity contribution in [2.75, 3.05) is 13.1 Å². The number of aromatic nitrogens is 4. The lowest BCUT2D eigenvalue weighted by atomic mass is 9.96. The topological polar surface area (TPSA) is 77.1 Å². The molecule has 1 aliphatic heterocycles. The second-order valence-electron chi connectivity index (χ2n) is 8.34. The number of hydrogen-bond donors (Lipinski definition) is 0. The number of carbonyl (C=O) groups is 1. The zero-order chi connectivity index (χ0) is 22.0. The summed E-state index contributed by atoms with van der Waals surface area (Å²) in [6, 6.07) is 8.49. The first kappa shape index (κ1) is 21.0. The van der Waals surface area contributed by atoms with Gasteiger partial charge in [0.05, 0.1) is 12.2 Å². The quantitative estimate of drug-likeness (QED) is 0.585. The van der Waals surface area contributed by atoms with Crippen molar-refractivity contribution in [3.63, 3.8) is 0 Å². The number of benzene rings is 1. The molecular weight excluding hydrogens is 390 g/mol. The van der Waals surface area contributed by atoms with E-state index in [2.05, 4.69) is 53.4 Å². The molecule has 1 aliphatic rings. The highest BCUT2D eigenvalue weighted by molar-refractivity contribution is 5.92. The summed E-state index contributed by atoms with van der Waals surface area (Å²) in [6.45, 7) is 10.1. The molecule has 1 amide bonds. The third kappa shape index (κ3) is 4.76. The number of rotatable bonds is 5. The van der Waals surface area contributed by atoms with Crippen LogP contribution in [-0.4, -0.2) is 43.8 Å². The van der Waals surface area contributed by atoms with Crippen molar-refractivity contribution >= 4 is 12.0 Å². The van der Waals surface area contributed by atoms with Crippen LogP contribution in [0.2, 0.25) is 0 Å². The summed E-state index contributed by atoms with van der Waals surface area (Å²) in [5.74, 6) is 1.61. The Morgan fingerprint density at radius 2 is 1.84 bits per heavy atom. The minimum Gasteiger partial charge on any atom is -0.339 e. The molecule has 0 unspecified atom stereocenters. The largest absolute Gasteiger partial charge is 0.339 e. The van der Waals surface area contributed by atoms with Gasteiger partial charge in [0.25, 0.3) is 0 Å². The number of hydrogen-bond acceptors (Lipinski definition) is 5. The van der Waals surface area contributed by atoms with Crippen molar-refractivity contribution in [3.05, 3.63) is 70.1 Å². The highest BCUT2D eigenvalue weighted by atomic mass is 16.5. The van der Waals surface area contributed by atoms with Crippen molar-refractivity contribution in [2.24, 2.45) is 0 Å². The molecule has 7 heteroatoms. The number of nitrogens with zero attached hydrogens (tertiary/aromatic N) is 5. The fraction of sp³-hybridized carbons (Fsp3) is 0.417. The summed E-state index contributed by atoms with van der Waals surface area (Å²) in [5.41, 5.74) is 5.46. The maximum Gasteiger partial charge on any atom is 0.246 e. The van der Waals surface area contributed by atoms with Crippen LogP contribution in [0.1, 0.15) is 58.6 Å². The summed E-state index contributed by atoms with van der Waals surface area (Å²) >= 11 is 0. The van der Waals surface area contributed by atoms with E-state index < -0.39 is 0 Å². The molecule has 0 aliphatic carbocycles. The average molecular weight is 420 g/mol. The van der Waals surface area contributed by atoms with E-state index in [4.69, 9.17) is 4.52 Å². The molecule has 1 fully saturated rings. The van der Waals surface area contributed by atoms with E-state index in [-0.39, 0.29) is 11.8 Å². The van der Waals surface area contributed by atoms with E-state index in [1.54, 1.807) is 6.08 Å². The highest BCUT2D eigenvalue weighted by Gasteiger charge is 2.26. The lowest BCUT2D eigenvalue weighted by Gasteiger charge is -2.29. The molecule has 0 saturated carbocycles. The minimum absolute atomic E-state index is 0.0326. The molecule has 162 valence electrons. The van der Waals surface area contributed by atoms with Gasteiger partial charge in [0.15, 0.2) is 5.82 Å². The Morgan fingerprint density at radius 3 is 2.48 bits per heavy atom. The van der Waals surface area contributed by atoms with Gasteiger partial charge in [-0.1, -0.05) is 35.0 Å². The van der Waals surface area contributed by atoms with Gasteiger partial charge >= 0.3 is 0 Å². The van der Waals surface area contributed by atoms with Gasteiger partial charge in [-0.05, 0) is 52.2 Å². The lowest BCUT2D eigenvalue weighted by Crippen LogP contribution is -2.36. The number of amides is 1. The lowest BCUT2D eigenvalue weighted by molar-refractivity contribution is -0.127. The first-order valence-corrected chi connectivity index (χ1v) is 10.8. The minimum atomic E-state index is 0.0326. The maximum atomic E-state index is 12.7. The van der Waals surface area contributed by atoms with Gasteiger partial charge in [0.2, 0.25) is 11.8 Å². The standard InChI is InChI=1S/C24H29N5O2/c1-16-5-7-20(8-6-16)15-29-18(3)22(17(2)26-29)9-10-23(30)28-13-11-21(12-14-28)24-25-19(4)27-31-24/h5-10,21H,11-15H2,1-4H3/b10-9+. The summed E-state index contributed by atoms with van der Waals surface area (Å²) < 4.78 is 7.30. The first-order valence-electron chi connectivity index (χ1n) is 10.8. The molecule has 0 radical (unpaired) electrons. The van der Waals surface area contributed by atoms with Crippen LogP contribution in [0.25, 0.3) is 6.08 Å². The maximum absolute atomic E-state index is 12.7. The third-order valence-corrected chi connectivity index (χ3v) is 5.98. The molecule has 7 nitrogen and oxygen atoms in total. The normalized spacial score (nSPS) is 15.2. The Morgan fingerprint density at radius 1 is 1.13 bits per heavy atom. The second kappa shape index (κ2) is 8.88. The van der Waals surface area contributed by atoms with Gasteiger partial charge < -0.3 is 9.42 Å². The number of piperidine rings is 1. The van der Waals surface area contributed by atoms with Gasteiger partial charge in [-0.25, -0.2) is 0 Å². The van der Waals surface area contributed by atoms with Crippen molar-refractivity contribution in [1.29, 1.82) is 0 Å². The molecule has 0 spiro atoms. The van der Waals surface area contributed by atoms with E-state index in [1.165, 1.54) is 11.1 Å². The van der Waals surface area contributed by atoms with Gasteiger partial charge in [0.1, 0.15) is 0 Å². The van der Waals surface area contributed by atoms with Crippen molar-refractivity contribution in [2.45, 2.75) is 53.0 Å². The molecule has 3 aromatic rings. The van der Waals surface area contributed by atoms with Crippen molar-refractivity contribution in [1.82, 2.24) is 24.8 Å².